The van der Waals surface area contributed by atoms with Crippen LogP contribution in [0.25, 0.3) is 0 Å². The summed E-state index contributed by atoms with van der Waals surface area (Å²) in [7, 11) is 4.74. The number of hydrogen-bond donors (Lipinski definition) is 1. The van der Waals surface area contributed by atoms with E-state index in [1.165, 1.54) is 0 Å². The number of ether oxygens (including phenoxy) is 3. The molecular formula is C18H24Cl2N2O4. The van der Waals surface area contributed by atoms with Gasteiger partial charge in [-0.15, -0.1) is 24.8 Å². The first kappa shape index (κ1) is 24.0. The van der Waals surface area contributed by atoms with Crippen LogP contribution in [0.2, 0.25) is 0 Å². The van der Waals surface area contributed by atoms with Crippen molar-refractivity contribution in [2.75, 3.05) is 34.4 Å². The third-order valence-electron chi connectivity index (χ3n) is 3.71. The SMILES string of the molecule is COc1cc(C(CNCC=O)c2ccccn2)cc(OC)c1OC.Cl.Cl. The first-order valence-electron chi connectivity index (χ1n) is 7.60. The molecule has 0 aliphatic heterocycles. The molecule has 0 amide bonds. The fourth-order valence-corrected chi connectivity index (χ4v) is 2.56. The standard InChI is InChI=1S/C18H22N2O4.2ClH/c1-22-16-10-13(11-17(23-2)18(16)24-3)14(12-19-8-9-21)15-6-4-5-7-20-15;;/h4-7,9-11,14,19H,8,12H2,1-3H3;2*1H. The Kier molecular flexibility index (Phi) is 11.4. The minimum Gasteiger partial charge on any atom is -0.493 e. The Labute approximate surface area is 166 Å². The van der Waals surface area contributed by atoms with Crippen molar-refractivity contribution in [2.24, 2.45) is 0 Å². The van der Waals surface area contributed by atoms with Gasteiger partial charge in [0.05, 0.1) is 27.9 Å². The van der Waals surface area contributed by atoms with Crippen molar-refractivity contribution < 1.29 is 19.0 Å². The van der Waals surface area contributed by atoms with Gasteiger partial charge < -0.3 is 24.3 Å². The van der Waals surface area contributed by atoms with Crippen LogP contribution in [-0.2, 0) is 4.79 Å². The van der Waals surface area contributed by atoms with Crippen LogP contribution >= 0.6 is 24.8 Å². The van der Waals surface area contributed by atoms with Crippen molar-refractivity contribution in [1.29, 1.82) is 0 Å². The number of rotatable bonds is 9. The summed E-state index contributed by atoms with van der Waals surface area (Å²) in [6.07, 6.45) is 2.59. The van der Waals surface area contributed by atoms with E-state index < -0.39 is 0 Å². The van der Waals surface area contributed by atoms with E-state index in [1.807, 2.05) is 30.3 Å². The molecule has 1 N–H and O–H groups in total. The highest BCUT2D eigenvalue weighted by Gasteiger charge is 2.21. The van der Waals surface area contributed by atoms with Crippen molar-refractivity contribution in [3.8, 4) is 17.2 Å². The maximum atomic E-state index is 10.6. The Morgan fingerprint density at radius 3 is 2.19 bits per heavy atom. The number of nitrogens with zero attached hydrogens (tertiary/aromatic N) is 1. The molecule has 6 nitrogen and oxygen atoms in total. The van der Waals surface area contributed by atoms with E-state index in [9.17, 15) is 4.79 Å². The lowest BCUT2D eigenvalue weighted by Crippen LogP contribution is -2.24. The number of hydrogen-bond acceptors (Lipinski definition) is 6. The molecule has 26 heavy (non-hydrogen) atoms. The van der Waals surface area contributed by atoms with E-state index in [-0.39, 0.29) is 37.3 Å². The van der Waals surface area contributed by atoms with E-state index in [1.54, 1.807) is 27.5 Å². The van der Waals surface area contributed by atoms with Gasteiger partial charge in [0.1, 0.15) is 6.29 Å². The number of aromatic nitrogens is 1. The minimum atomic E-state index is -0.0557. The van der Waals surface area contributed by atoms with Crippen LogP contribution in [-0.4, -0.2) is 45.7 Å². The van der Waals surface area contributed by atoms with Crippen LogP contribution in [0.5, 0.6) is 17.2 Å². The van der Waals surface area contributed by atoms with E-state index >= 15 is 0 Å². The van der Waals surface area contributed by atoms with Gasteiger partial charge in [0.25, 0.3) is 0 Å². The van der Waals surface area contributed by atoms with Crippen molar-refractivity contribution in [1.82, 2.24) is 10.3 Å². The molecule has 0 saturated heterocycles. The molecule has 1 heterocycles. The molecule has 1 aromatic heterocycles. The molecule has 1 aromatic carbocycles. The van der Waals surface area contributed by atoms with Gasteiger partial charge in [-0.2, -0.15) is 0 Å². The molecule has 0 aliphatic carbocycles. The first-order chi connectivity index (χ1) is 11.7. The molecule has 2 rings (SSSR count). The van der Waals surface area contributed by atoms with Crippen LogP contribution in [0.3, 0.4) is 0 Å². The monoisotopic (exact) mass is 402 g/mol. The van der Waals surface area contributed by atoms with Gasteiger partial charge in [-0.25, -0.2) is 0 Å². The molecule has 0 saturated carbocycles. The molecule has 0 fully saturated rings. The highest BCUT2D eigenvalue weighted by Crippen LogP contribution is 2.40. The Bertz CT molecular complexity index is 646. The zero-order valence-corrected chi connectivity index (χ0v) is 16.6. The molecule has 0 spiro atoms. The second-order valence-corrected chi connectivity index (χ2v) is 5.09. The maximum absolute atomic E-state index is 10.6. The van der Waals surface area contributed by atoms with Gasteiger partial charge in [0.15, 0.2) is 11.5 Å². The van der Waals surface area contributed by atoms with E-state index in [0.29, 0.717) is 23.8 Å². The average Bonchev–Trinajstić information content (AvgIpc) is 2.64. The number of halogens is 2. The molecular weight excluding hydrogens is 379 g/mol. The maximum Gasteiger partial charge on any atom is 0.203 e. The molecule has 144 valence electrons. The molecule has 1 unspecified atom stereocenters. The zero-order chi connectivity index (χ0) is 17.4. The lowest BCUT2D eigenvalue weighted by atomic mass is 9.94. The van der Waals surface area contributed by atoms with Crippen LogP contribution in [0.15, 0.2) is 36.5 Å². The van der Waals surface area contributed by atoms with E-state index in [4.69, 9.17) is 14.2 Å². The predicted molar refractivity (Wildman–Crippen MR) is 106 cm³/mol. The Morgan fingerprint density at radius 1 is 1.08 bits per heavy atom. The first-order valence-corrected chi connectivity index (χ1v) is 7.60. The summed E-state index contributed by atoms with van der Waals surface area (Å²) in [6.45, 7) is 0.849. The molecule has 1 atom stereocenters. The molecule has 2 aromatic rings. The van der Waals surface area contributed by atoms with Crippen molar-refractivity contribution in [3.05, 3.63) is 47.8 Å². The van der Waals surface area contributed by atoms with E-state index in [2.05, 4.69) is 10.3 Å². The second-order valence-electron chi connectivity index (χ2n) is 5.09. The number of benzene rings is 1. The quantitative estimate of drug-likeness (QED) is 0.513. The largest absolute Gasteiger partial charge is 0.493 e. The summed E-state index contributed by atoms with van der Waals surface area (Å²) in [6, 6.07) is 9.57. The van der Waals surface area contributed by atoms with Crippen molar-refractivity contribution >= 4 is 31.1 Å². The Morgan fingerprint density at radius 2 is 1.73 bits per heavy atom. The summed E-state index contributed by atoms with van der Waals surface area (Å²) in [5.41, 5.74) is 1.85. The summed E-state index contributed by atoms with van der Waals surface area (Å²) >= 11 is 0. The molecule has 0 radical (unpaired) electrons. The van der Waals surface area contributed by atoms with Gasteiger partial charge in [-0.3, -0.25) is 4.98 Å². The average molecular weight is 403 g/mol. The minimum absolute atomic E-state index is 0. The number of carbonyl (C=O) groups is 1. The number of aldehydes is 1. The fraction of sp³-hybridized carbons (Fsp3) is 0.333. The molecule has 0 aliphatic rings. The van der Waals surface area contributed by atoms with Gasteiger partial charge in [-0.05, 0) is 29.8 Å². The number of carbonyl (C=O) groups excluding carboxylic acids is 1. The zero-order valence-electron chi connectivity index (χ0n) is 14.9. The highest BCUT2D eigenvalue weighted by atomic mass is 35.5. The predicted octanol–water partition coefficient (Wildman–Crippen LogP) is 2.87. The van der Waals surface area contributed by atoms with Crippen LogP contribution < -0.4 is 19.5 Å². The van der Waals surface area contributed by atoms with Crippen molar-refractivity contribution in [2.45, 2.75) is 5.92 Å². The number of methoxy groups -OCH3 is 3. The van der Waals surface area contributed by atoms with Gasteiger partial charge in [-0.1, -0.05) is 6.07 Å². The normalized spacial score (nSPS) is 10.7. The van der Waals surface area contributed by atoms with Crippen LogP contribution in [0.4, 0.5) is 0 Å². The third kappa shape index (κ3) is 5.76. The third-order valence-corrected chi connectivity index (χ3v) is 3.71. The summed E-state index contributed by atoms with van der Waals surface area (Å²) in [4.78, 5) is 15.1. The topological polar surface area (TPSA) is 69.7 Å². The fourth-order valence-electron chi connectivity index (χ4n) is 2.56. The van der Waals surface area contributed by atoms with Gasteiger partial charge in [0, 0.05) is 24.4 Å². The summed E-state index contributed by atoms with van der Waals surface area (Å²) in [5.74, 6) is 1.66. The summed E-state index contributed by atoms with van der Waals surface area (Å²) < 4.78 is 16.2. The highest BCUT2D eigenvalue weighted by molar-refractivity contribution is 5.85. The molecule has 8 heteroatoms. The molecule has 0 bridgehead atoms. The Hall–Kier alpha value is -2.02. The lowest BCUT2D eigenvalue weighted by Gasteiger charge is -2.20. The van der Waals surface area contributed by atoms with Crippen LogP contribution in [0.1, 0.15) is 17.2 Å². The second kappa shape index (κ2) is 12.4. The van der Waals surface area contributed by atoms with Crippen LogP contribution in [0, 0.1) is 0 Å². The Balaban J connectivity index is 0.00000312. The van der Waals surface area contributed by atoms with Gasteiger partial charge >= 0.3 is 0 Å². The number of nitrogens with one attached hydrogen (secondary N) is 1. The van der Waals surface area contributed by atoms with E-state index in [0.717, 1.165) is 17.5 Å². The van der Waals surface area contributed by atoms with Gasteiger partial charge in [0.2, 0.25) is 5.75 Å². The smallest absolute Gasteiger partial charge is 0.203 e. The lowest BCUT2D eigenvalue weighted by molar-refractivity contribution is -0.107. The number of pyridine rings is 1. The summed E-state index contributed by atoms with van der Waals surface area (Å²) in [5, 5.41) is 3.11. The van der Waals surface area contributed by atoms with Crippen molar-refractivity contribution in [3.63, 3.8) is 0 Å².